The van der Waals surface area contributed by atoms with Gasteiger partial charge in [-0.05, 0) is 58.4 Å². The number of benzene rings is 3. The Kier molecular flexibility index (Phi) is 6.40. The standard InChI is InChI=1S/C25H17Br2N3O5/c1-2-22-29-19-6-4-3-5-17(19)24(31)30(22)28-12-15-9-16(26)11-18(27)23(15)35-25(32)14-7-8-20-21(10-14)34-13-33-20/h3-12H,2,13H2,1H3. The van der Waals surface area contributed by atoms with Gasteiger partial charge in [0.25, 0.3) is 5.56 Å². The lowest BCUT2D eigenvalue weighted by atomic mass is 10.2. The van der Waals surface area contributed by atoms with Crippen LogP contribution in [-0.2, 0) is 6.42 Å². The smallest absolute Gasteiger partial charge is 0.343 e. The Hall–Kier alpha value is -3.50. The fraction of sp³-hybridized carbons (Fsp3) is 0.120. The molecule has 0 fully saturated rings. The number of fused-ring (bicyclic) bond motifs is 2. The van der Waals surface area contributed by atoms with E-state index >= 15 is 0 Å². The number of aryl methyl sites for hydroxylation is 1. The molecule has 0 atom stereocenters. The van der Waals surface area contributed by atoms with E-state index in [1.807, 2.05) is 13.0 Å². The highest BCUT2D eigenvalue weighted by Crippen LogP contribution is 2.35. The largest absolute Gasteiger partial charge is 0.454 e. The van der Waals surface area contributed by atoms with Crippen LogP contribution in [0.2, 0.25) is 0 Å². The molecular formula is C25H17Br2N3O5. The fourth-order valence-corrected chi connectivity index (χ4v) is 4.94. The summed E-state index contributed by atoms with van der Waals surface area (Å²) in [7, 11) is 0. The minimum Gasteiger partial charge on any atom is -0.454 e. The number of carbonyl (C=O) groups excluding carboxylic acids is 1. The molecule has 8 nitrogen and oxygen atoms in total. The molecule has 0 aliphatic carbocycles. The normalized spacial score (nSPS) is 12.4. The van der Waals surface area contributed by atoms with Crippen molar-refractivity contribution >= 4 is 54.9 Å². The van der Waals surface area contributed by atoms with Crippen LogP contribution < -0.4 is 19.8 Å². The van der Waals surface area contributed by atoms with Crippen LogP contribution in [0.1, 0.15) is 28.7 Å². The third-order valence-electron chi connectivity index (χ3n) is 5.29. The summed E-state index contributed by atoms with van der Waals surface area (Å²) in [5.41, 5.74) is 1.11. The van der Waals surface area contributed by atoms with Gasteiger partial charge in [0.05, 0.1) is 27.2 Å². The van der Waals surface area contributed by atoms with Gasteiger partial charge in [0, 0.05) is 16.5 Å². The van der Waals surface area contributed by atoms with Crippen molar-refractivity contribution in [1.29, 1.82) is 0 Å². The van der Waals surface area contributed by atoms with Crippen molar-refractivity contribution in [3.8, 4) is 17.2 Å². The molecule has 5 rings (SSSR count). The first kappa shape index (κ1) is 23.3. The van der Waals surface area contributed by atoms with E-state index in [-0.39, 0.29) is 18.1 Å². The summed E-state index contributed by atoms with van der Waals surface area (Å²) in [5.74, 6) is 1.23. The number of halogens is 2. The van der Waals surface area contributed by atoms with Crippen LogP contribution in [0.5, 0.6) is 17.2 Å². The van der Waals surface area contributed by atoms with Crippen molar-refractivity contribution in [2.24, 2.45) is 5.10 Å². The van der Waals surface area contributed by atoms with E-state index in [9.17, 15) is 9.59 Å². The van der Waals surface area contributed by atoms with E-state index < -0.39 is 5.97 Å². The second-order valence-electron chi connectivity index (χ2n) is 7.52. The number of aromatic nitrogens is 2. The van der Waals surface area contributed by atoms with Crippen molar-refractivity contribution in [3.05, 3.63) is 90.8 Å². The summed E-state index contributed by atoms with van der Waals surface area (Å²) in [6.07, 6.45) is 1.97. The number of carbonyl (C=O) groups is 1. The highest BCUT2D eigenvalue weighted by Gasteiger charge is 2.20. The van der Waals surface area contributed by atoms with Crippen LogP contribution in [0.3, 0.4) is 0 Å². The predicted molar refractivity (Wildman–Crippen MR) is 138 cm³/mol. The Morgan fingerprint density at radius 2 is 1.94 bits per heavy atom. The van der Waals surface area contributed by atoms with Gasteiger partial charge in [0.2, 0.25) is 6.79 Å². The van der Waals surface area contributed by atoms with Gasteiger partial charge in [0.15, 0.2) is 17.2 Å². The maximum Gasteiger partial charge on any atom is 0.343 e. The molecule has 35 heavy (non-hydrogen) atoms. The van der Waals surface area contributed by atoms with Crippen molar-refractivity contribution in [1.82, 2.24) is 9.66 Å². The molecule has 1 aromatic heterocycles. The number of ether oxygens (including phenoxy) is 3. The molecular weight excluding hydrogens is 582 g/mol. The molecule has 0 spiro atoms. The monoisotopic (exact) mass is 597 g/mol. The molecule has 0 saturated heterocycles. The minimum atomic E-state index is -0.584. The zero-order valence-electron chi connectivity index (χ0n) is 18.3. The summed E-state index contributed by atoms with van der Waals surface area (Å²) >= 11 is 6.91. The molecule has 0 bridgehead atoms. The third-order valence-corrected chi connectivity index (χ3v) is 6.34. The molecule has 0 N–H and O–H groups in total. The molecule has 0 saturated carbocycles. The van der Waals surface area contributed by atoms with Crippen LogP contribution in [0.15, 0.2) is 73.4 Å². The summed E-state index contributed by atoms with van der Waals surface area (Å²) in [6, 6.07) is 15.4. The highest BCUT2D eigenvalue weighted by molar-refractivity contribution is 9.11. The average molecular weight is 599 g/mol. The van der Waals surface area contributed by atoms with E-state index in [0.29, 0.717) is 50.2 Å². The third kappa shape index (κ3) is 4.59. The lowest BCUT2D eigenvalue weighted by Crippen LogP contribution is -2.22. The topological polar surface area (TPSA) is 92.0 Å². The maximum atomic E-state index is 13.1. The molecule has 0 unspecified atom stereocenters. The molecule has 0 amide bonds. The zero-order valence-corrected chi connectivity index (χ0v) is 21.5. The maximum absolute atomic E-state index is 13.1. The summed E-state index contributed by atoms with van der Waals surface area (Å²) in [5, 5.41) is 4.88. The number of esters is 1. The number of rotatable bonds is 5. The Morgan fingerprint density at radius 1 is 1.14 bits per heavy atom. The summed E-state index contributed by atoms with van der Waals surface area (Å²) < 4.78 is 18.9. The summed E-state index contributed by atoms with van der Waals surface area (Å²) in [6.45, 7) is 2.01. The van der Waals surface area contributed by atoms with Gasteiger partial charge in [-0.15, -0.1) is 0 Å². The first-order valence-electron chi connectivity index (χ1n) is 10.6. The first-order chi connectivity index (χ1) is 16.9. The molecule has 1 aliphatic heterocycles. The van der Waals surface area contributed by atoms with Crippen LogP contribution in [0.25, 0.3) is 10.9 Å². The Labute approximate surface area is 216 Å². The Morgan fingerprint density at radius 3 is 2.77 bits per heavy atom. The SMILES string of the molecule is CCc1nc2ccccc2c(=O)n1N=Cc1cc(Br)cc(Br)c1OC(=O)c1ccc2c(c1)OCO2. The molecule has 4 aromatic rings. The molecule has 176 valence electrons. The van der Waals surface area contributed by atoms with Gasteiger partial charge in [-0.1, -0.05) is 35.0 Å². The van der Waals surface area contributed by atoms with E-state index in [1.165, 1.54) is 10.9 Å². The van der Waals surface area contributed by atoms with Crippen molar-refractivity contribution in [2.75, 3.05) is 6.79 Å². The number of nitrogens with zero attached hydrogens (tertiary/aromatic N) is 3. The van der Waals surface area contributed by atoms with E-state index in [2.05, 4.69) is 41.9 Å². The molecule has 2 heterocycles. The van der Waals surface area contributed by atoms with Gasteiger partial charge < -0.3 is 14.2 Å². The summed E-state index contributed by atoms with van der Waals surface area (Å²) in [4.78, 5) is 30.6. The quantitative estimate of drug-likeness (QED) is 0.176. The van der Waals surface area contributed by atoms with Crippen molar-refractivity contribution in [2.45, 2.75) is 13.3 Å². The van der Waals surface area contributed by atoms with E-state index in [4.69, 9.17) is 14.2 Å². The Bertz CT molecular complexity index is 1570. The van der Waals surface area contributed by atoms with Crippen LogP contribution in [-0.4, -0.2) is 28.6 Å². The number of para-hydroxylation sites is 1. The van der Waals surface area contributed by atoms with Gasteiger partial charge in [-0.25, -0.2) is 9.78 Å². The van der Waals surface area contributed by atoms with Crippen LogP contribution in [0, 0.1) is 0 Å². The van der Waals surface area contributed by atoms with Gasteiger partial charge in [0.1, 0.15) is 5.82 Å². The predicted octanol–water partition coefficient (Wildman–Crippen LogP) is 5.31. The van der Waals surface area contributed by atoms with Crippen molar-refractivity contribution < 1.29 is 19.0 Å². The molecule has 10 heteroatoms. The van der Waals surface area contributed by atoms with Gasteiger partial charge >= 0.3 is 5.97 Å². The second kappa shape index (κ2) is 9.63. The second-order valence-corrected chi connectivity index (χ2v) is 9.29. The van der Waals surface area contributed by atoms with E-state index in [1.54, 1.807) is 48.5 Å². The fourth-order valence-electron chi connectivity index (χ4n) is 3.60. The Balaban J connectivity index is 1.52. The minimum absolute atomic E-state index is 0.107. The lowest BCUT2D eigenvalue weighted by Gasteiger charge is -2.11. The lowest BCUT2D eigenvalue weighted by molar-refractivity contribution is 0.0733. The van der Waals surface area contributed by atoms with E-state index in [0.717, 1.165) is 4.47 Å². The first-order valence-corrected chi connectivity index (χ1v) is 12.2. The number of hydrogen-bond donors (Lipinski definition) is 0. The van der Waals surface area contributed by atoms with Crippen LogP contribution in [0.4, 0.5) is 0 Å². The average Bonchev–Trinajstić information content (AvgIpc) is 3.33. The highest BCUT2D eigenvalue weighted by atomic mass is 79.9. The molecule has 3 aromatic carbocycles. The van der Waals surface area contributed by atoms with Gasteiger partial charge in [-0.2, -0.15) is 9.78 Å². The molecule has 1 aliphatic rings. The van der Waals surface area contributed by atoms with Crippen LogP contribution >= 0.6 is 31.9 Å². The van der Waals surface area contributed by atoms with Crippen molar-refractivity contribution in [3.63, 3.8) is 0 Å². The van der Waals surface area contributed by atoms with Gasteiger partial charge in [-0.3, -0.25) is 4.79 Å². The molecule has 0 radical (unpaired) electrons. The number of hydrogen-bond acceptors (Lipinski definition) is 7. The zero-order chi connectivity index (χ0) is 24.5.